The molecule has 0 aliphatic carbocycles. The van der Waals surface area contributed by atoms with Gasteiger partial charge in [0.2, 0.25) is 5.89 Å². The first-order chi connectivity index (χ1) is 9.58. The summed E-state index contributed by atoms with van der Waals surface area (Å²) in [4.78, 5) is 4.39. The van der Waals surface area contributed by atoms with Gasteiger partial charge in [-0.3, -0.25) is 0 Å². The Hall–Kier alpha value is -1.10. The van der Waals surface area contributed by atoms with Crippen LogP contribution in [0.1, 0.15) is 31.1 Å². The van der Waals surface area contributed by atoms with Crippen LogP contribution in [-0.2, 0) is 12.8 Å². The summed E-state index contributed by atoms with van der Waals surface area (Å²) in [5.74, 6) is 1.30. The van der Waals surface area contributed by atoms with Gasteiger partial charge in [0.15, 0.2) is 5.82 Å². The monoisotopic (exact) mass is 313 g/mol. The molecule has 20 heavy (non-hydrogen) atoms. The van der Waals surface area contributed by atoms with E-state index in [-0.39, 0.29) is 0 Å². The molecular formula is C14H17Cl2N3O. The molecule has 108 valence electrons. The van der Waals surface area contributed by atoms with Crippen LogP contribution < -0.4 is 5.32 Å². The predicted octanol–water partition coefficient (Wildman–Crippen LogP) is 3.51. The first-order valence-corrected chi connectivity index (χ1v) is 7.33. The van der Waals surface area contributed by atoms with Gasteiger partial charge in [-0.1, -0.05) is 41.3 Å². The minimum absolute atomic E-state index is 0.318. The Bertz CT molecular complexity index is 571. The Labute approximate surface area is 128 Å². The Morgan fingerprint density at radius 3 is 2.80 bits per heavy atom. The zero-order chi connectivity index (χ0) is 14.5. The lowest BCUT2D eigenvalue weighted by Gasteiger charge is -2.07. The molecule has 1 N–H and O–H groups in total. The van der Waals surface area contributed by atoms with Crippen LogP contribution in [0.15, 0.2) is 22.7 Å². The summed E-state index contributed by atoms with van der Waals surface area (Å²) in [5.41, 5.74) is 1.01. The highest BCUT2D eigenvalue weighted by atomic mass is 35.5. The largest absolute Gasteiger partial charge is 0.339 e. The summed E-state index contributed by atoms with van der Waals surface area (Å²) in [7, 11) is 0. The van der Waals surface area contributed by atoms with Crippen LogP contribution in [-0.4, -0.2) is 22.7 Å². The topological polar surface area (TPSA) is 51.0 Å². The Morgan fingerprint density at radius 1 is 1.30 bits per heavy atom. The number of hydrogen-bond donors (Lipinski definition) is 1. The molecule has 2 aromatic rings. The van der Waals surface area contributed by atoms with Crippen molar-refractivity contribution >= 4 is 23.2 Å². The number of halogens is 2. The maximum absolute atomic E-state index is 5.98. The smallest absolute Gasteiger partial charge is 0.228 e. The van der Waals surface area contributed by atoms with E-state index in [1.165, 1.54) is 0 Å². The number of rotatable bonds is 6. The summed E-state index contributed by atoms with van der Waals surface area (Å²) in [5, 5.41) is 8.37. The van der Waals surface area contributed by atoms with Gasteiger partial charge < -0.3 is 9.84 Å². The van der Waals surface area contributed by atoms with Crippen molar-refractivity contribution in [1.29, 1.82) is 0 Å². The summed E-state index contributed by atoms with van der Waals surface area (Å²) >= 11 is 11.9. The van der Waals surface area contributed by atoms with Crippen LogP contribution in [0.25, 0.3) is 0 Å². The number of aromatic nitrogens is 2. The SMILES string of the molecule is CCNC(C)Cc1nc(Cc2ccc(Cl)c(Cl)c2)no1. The van der Waals surface area contributed by atoms with Crippen LogP contribution in [0.4, 0.5) is 0 Å². The standard InChI is InChI=1S/C14H17Cl2N3O/c1-3-17-9(2)6-14-18-13(19-20-14)8-10-4-5-11(15)12(16)7-10/h4-5,7,9,17H,3,6,8H2,1-2H3. The summed E-state index contributed by atoms with van der Waals surface area (Å²) in [6.07, 6.45) is 1.30. The second kappa shape index (κ2) is 7.07. The maximum Gasteiger partial charge on any atom is 0.228 e. The molecular weight excluding hydrogens is 297 g/mol. The fourth-order valence-corrected chi connectivity index (χ4v) is 2.28. The highest BCUT2D eigenvalue weighted by Crippen LogP contribution is 2.23. The first-order valence-electron chi connectivity index (χ1n) is 6.57. The number of likely N-dealkylation sites (N-methyl/N-ethyl adjacent to an activating group) is 1. The van der Waals surface area contributed by atoms with Crippen molar-refractivity contribution in [3.05, 3.63) is 45.5 Å². The minimum Gasteiger partial charge on any atom is -0.339 e. The van der Waals surface area contributed by atoms with E-state index in [1.807, 2.05) is 12.1 Å². The molecule has 0 radical (unpaired) electrons. The number of nitrogens with one attached hydrogen (secondary N) is 1. The van der Waals surface area contributed by atoms with E-state index in [9.17, 15) is 0 Å². The molecule has 1 unspecified atom stereocenters. The summed E-state index contributed by atoms with van der Waals surface area (Å²) in [6.45, 7) is 5.08. The molecule has 2 rings (SSSR count). The fraction of sp³-hybridized carbons (Fsp3) is 0.429. The lowest BCUT2D eigenvalue weighted by atomic mass is 10.1. The van der Waals surface area contributed by atoms with E-state index in [1.54, 1.807) is 6.07 Å². The van der Waals surface area contributed by atoms with Crippen LogP contribution >= 0.6 is 23.2 Å². The minimum atomic E-state index is 0.318. The molecule has 0 saturated carbocycles. The van der Waals surface area contributed by atoms with Crippen molar-refractivity contribution in [2.24, 2.45) is 0 Å². The van der Waals surface area contributed by atoms with Crippen LogP contribution in [0.5, 0.6) is 0 Å². The third-order valence-electron chi connectivity index (χ3n) is 2.89. The van der Waals surface area contributed by atoms with Crippen LogP contribution in [0.3, 0.4) is 0 Å². The van der Waals surface area contributed by atoms with Gasteiger partial charge in [-0.2, -0.15) is 4.98 Å². The zero-order valence-electron chi connectivity index (χ0n) is 11.5. The molecule has 1 heterocycles. The van der Waals surface area contributed by atoms with E-state index in [0.29, 0.717) is 34.2 Å². The lowest BCUT2D eigenvalue weighted by Crippen LogP contribution is -2.27. The average Bonchev–Trinajstić information content (AvgIpc) is 2.81. The van der Waals surface area contributed by atoms with E-state index in [0.717, 1.165) is 18.5 Å². The fourth-order valence-electron chi connectivity index (χ4n) is 1.96. The Morgan fingerprint density at radius 2 is 2.10 bits per heavy atom. The molecule has 0 fully saturated rings. The summed E-state index contributed by atoms with van der Waals surface area (Å²) in [6, 6.07) is 5.82. The molecule has 1 atom stereocenters. The van der Waals surface area contributed by atoms with Gasteiger partial charge in [0.1, 0.15) is 0 Å². The van der Waals surface area contributed by atoms with E-state index in [2.05, 4.69) is 29.3 Å². The molecule has 0 bridgehead atoms. The summed E-state index contributed by atoms with van der Waals surface area (Å²) < 4.78 is 5.25. The quantitative estimate of drug-likeness (QED) is 0.886. The van der Waals surface area contributed by atoms with Gasteiger partial charge in [0.05, 0.1) is 10.0 Å². The van der Waals surface area contributed by atoms with E-state index in [4.69, 9.17) is 27.7 Å². The van der Waals surface area contributed by atoms with Gasteiger partial charge in [0.25, 0.3) is 0 Å². The van der Waals surface area contributed by atoms with Gasteiger partial charge in [-0.25, -0.2) is 0 Å². The maximum atomic E-state index is 5.98. The zero-order valence-corrected chi connectivity index (χ0v) is 13.0. The highest BCUT2D eigenvalue weighted by molar-refractivity contribution is 6.42. The lowest BCUT2D eigenvalue weighted by molar-refractivity contribution is 0.359. The molecule has 0 spiro atoms. The van der Waals surface area contributed by atoms with Crippen LogP contribution in [0.2, 0.25) is 10.0 Å². The van der Waals surface area contributed by atoms with Gasteiger partial charge in [-0.15, -0.1) is 0 Å². The third-order valence-corrected chi connectivity index (χ3v) is 3.63. The van der Waals surface area contributed by atoms with Gasteiger partial charge in [-0.05, 0) is 31.2 Å². The van der Waals surface area contributed by atoms with Gasteiger partial charge in [0, 0.05) is 18.9 Å². The number of nitrogens with zero attached hydrogens (tertiary/aromatic N) is 2. The number of benzene rings is 1. The van der Waals surface area contributed by atoms with Crippen molar-refractivity contribution in [2.75, 3.05) is 6.54 Å². The molecule has 0 aliphatic rings. The molecule has 1 aromatic carbocycles. The molecule has 6 heteroatoms. The molecule has 4 nitrogen and oxygen atoms in total. The van der Waals surface area contributed by atoms with Crippen molar-refractivity contribution in [3.63, 3.8) is 0 Å². The van der Waals surface area contributed by atoms with Crippen molar-refractivity contribution in [3.8, 4) is 0 Å². The van der Waals surface area contributed by atoms with Gasteiger partial charge >= 0.3 is 0 Å². The predicted molar refractivity (Wildman–Crippen MR) is 80.4 cm³/mol. The van der Waals surface area contributed by atoms with E-state index >= 15 is 0 Å². The van der Waals surface area contributed by atoms with Crippen LogP contribution in [0, 0.1) is 0 Å². The Balaban J connectivity index is 2.00. The first kappa shape index (κ1) is 15.3. The third kappa shape index (κ3) is 4.20. The van der Waals surface area contributed by atoms with Crippen molar-refractivity contribution in [2.45, 2.75) is 32.7 Å². The van der Waals surface area contributed by atoms with E-state index < -0.39 is 0 Å². The molecule has 0 amide bonds. The van der Waals surface area contributed by atoms with Crippen molar-refractivity contribution < 1.29 is 4.52 Å². The van der Waals surface area contributed by atoms with Crippen molar-refractivity contribution in [1.82, 2.24) is 15.5 Å². The Kier molecular flexibility index (Phi) is 5.40. The average molecular weight is 314 g/mol. The second-order valence-electron chi connectivity index (χ2n) is 4.69. The second-order valence-corrected chi connectivity index (χ2v) is 5.51. The highest BCUT2D eigenvalue weighted by Gasteiger charge is 2.11. The molecule has 0 aliphatic heterocycles. The number of hydrogen-bond acceptors (Lipinski definition) is 4. The molecule has 1 aromatic heterocycles. The normalized spacial score (nSPS) is 12.6. The molecule has 0 saturated heterocycles.